The minimum absolute atomic E-state index is 0.101. The van der Waals surface area contributed by atoms with E-state index in [0.717, 1.165) is 25.1 Å². The van der Waals surface area contributed by atoms with Crippen molar-refractivity contribution in [2.75, 3.05) is 44.2 Å². The van der Waals surface area contributed by atoms with Gasteiger partial charge in [-0.25, -0.2) is 4.79 Å². The van der Waals surface area contributed by atoms with Gasteiger partial charge in [0.2, 0.25) is 5.91 Å². The zero-order chi connectivity index (χ0) is 28.3. The van der Waals surface area contributed by atoms with E-state index in [1.54, 1.807) is 4.90 Å². The fraction of sp³-hybridized carbons (Fsp3) is 0.455. The first kappa shape index (κ1) is 28.0. The molecule has 0 bridgehead atoms. The number of nitrogens with one attached hydrogen (secondary N) is 1. The van der Waals surface area contributed by atoms with Gasteiger partial charge < -0.3 is 24.8 Å². The molecule has 212 valence electrons. The summed E-state index contributed by atoms with van der Waals surface area (Å²) in [6.45, 7) is 11.9. The van der Waals surface area contributed by atoms with Crippen LogP contribution in [0, 0.1) is 0 Å². The Hall–Kier alpha value is -3.58. The number of nitrogens with zero attached hydrogens (tertiary/aromatic N) is 3. The van der Waals surface area contributed by atoms with Crippen LogP contribution in [0.3, 0.4) is 0 Å². The zero-order valence-corrected chi connectivity index (χ0v) is 24.2. The van der Waals surface area contributed by atoms with Crippen LogP contribution in [0.4, 0.5) is 10.5 Å². The van der Waals surface area contributed by atoms with Crippen molar-refractivity contribution in [3.63, 3.8) is 0 Å². The van der Waals surface area contributed by atoms with E-state index < -0.39 is 5.60 Å². The van der Waals surface area contributed by atoms with Crippen LogP contribution < -0.4 is 10.2 Å². The van der Waals surface area contributed by atoms with Gasteiger partial charge in [0, 0.05) is 57.0 Å². The van der Waals surface area contributed by atoms with Gasteiger partial charge >= 0.3 is 6.09 Å². The van der Waals surface area contributed by atoms with Crippen molar-refractivity contribution in [2.24, 2.45) is 0 Å². The molecule has 2 atom stereocenters. The van der Waals surface area contributed by atoms with Crippen LogP contribution in [0.2, 0.25) is 0 Å². The number of amides is 2. The number of anilines is 1. The van der Waals surface area contributed by atoms with Gasteiger partial charge in [0.25, 0.3) is 0 Å². The van der Waals surface area contributed by atoms with Crippen molar-refractivity contribution in [1.82, 2.24) is 15.1 Å². The van der Waals surface area contributed by atoms with E-state index in [0.29, 0.717) is 38.6 Å². The molecule has 2 heterocycles. The highest BCUT2D eigenvalue weighted by Gasteiger charge is 2.28. The number of carbonyl (C=O) groups is 2. The lowest BCUT2D eigenvalue weighted by molar-refractivity contribution is -0.132. The minimum Gasteiger partial charge on any atom is -0.444 e. The van der Waals surface area contributed by atoms with Crippen LogP contribution in [0.25, 0.3) is 10.8 Å². The maximum atomic E-state index is 12.9. The van der Waals surface area contributed by atoms with Crippen LogP contribution in [-0.4, -0.2) is 72.7 Å². The number of benzene rings is 3. The van der Waals surface area contributed by atoms with E-state index in [1.807, 2.05) is 25.7 Å². The maximum absolute atomic E-state index is 12.9. The molecule has 0 radical (unpaired) electrons. The molecule has 7 nitrogen and oxygen atoms in total. The molecule has 2 aliphatic heterocycles. The van der Waals surface area contributed by atoms with E-state index in [9.17, 15) is 9.59 Å². The third-order valence-corrected chi connectivity index (χ3v) is 7.90. The van der Waals surface area contributed by atoms with Crippen molar-refractivity contribution in [1.29, 1.82) is 0 Å². The second-order valence-electron chi connectivity index (χ2n) is 12.1. The molecule has 40 heavy (non-hydrogen) atoms. The molecular weight excluding hydrogens is 500 g/mol. The van der Waals surface area contributed by atoms with Crippen LogP contribution in [0.5, 0.6) is 0 Å². The standard InChI is InChI=1S/C33H42N4O3/c1-24(29-11-7-9-26-8-5-6-10-30(26)29)34-27-16-17-37(23-27)28-14-12-25(13-15-28)22-31(38)35-18-20-36(21-19-35)32(39)40-33(2,3)4/h5-15,24,27,34H,16-23H2,1-4H3/t24-,27+/m1/s1. The molecule has 0 unspecified atom stereocenters. The molecule has 7 heteroatoms. The van der Waals surface area contributed by atoms with Gasteiger partial charge in [0.15, 0.2) is 0 Å². The second kappa shape index (κ2) is 11.9. The number of carbonyl (C=O) groups excluding carboxylic acids is 2. The van der Waals surface area contributed by atoms with Gasteiger partial charge in [-0.1, -0.05) is 54.6 Å². The van der Waals surface area contributed by atoms with Gasteiger partial charge in [-0.15, -0.1) is 0 Å². The van der Waals surface area contributed by atoms with Crippen LogP contribution in [0.1, 0.15) is 51.3 Å². The van der Waals surface area contributed by atoms with Crippen molar-refractivity contribution >= 4 is 28.5 Å². The number of rotatable bonds is 6. The molecule has 5 rings (SSSR count). The Kier molecular flexibility index (Phi) is 8.31. The zero-order valence-electron chi connectivity index (χ0n) is 24.2. The molecule has 2 aliphatic rings. The van der Waals surface area contributed by atoms with Gasteiger partial charge in [-0.3, -0.25) is 4.79 Å². The lowest BCUT2D eigenvalue weighted by Gasteiger charge is -2.35. The summed E-state index contributed by atoms with van der Waals surface area (Å²) in [4.78, 5) is 31.2. The highest BCUT2D eigenvalue weighted by molar-refractivity contribution is 5.86. The van der Waals surface area contributed by atoms with Crippen LogP contribution in [-0.2, 0) is 16.0 Å². The Labute approximate surface area is 238 Å². The number of fused-ring (bicyclic) bond motifs is 1. The van der Waals surface area contributed by atoms with Gasteiger partial charge in [0.1, 0.15) is 5.60 Å². The van der Waals surface area contributed by atoms with E-state index in [-0.39, 0.29) is 18.0 Å². The molecule has 2 saturated heterocycles. The van der Waals surface area contributed by atoms with Gasteiger partial charge in [0.05, 0.1) is 6.42 Å². The molecule has 2 fully saturated rings. The summed E-state index contributed by atoms with van der Waals surface area (Å²) in [7, 11) is 0. The molecule has 2 amide bonds. The van der Waals surface area contributed by atoms with Crippen molar-refractivity contribution < 1.29 is 14.3 Å². The number of ether oxygens (including phenoxy) is 1. The van der Waals surface area contributed by atoms with Crippen molar-refractivity contribution in [3.8, 4) is 0 Å². The Morgan fingerprint density at radius 2 is 1.57 bits per heavy atom. The number of piperazine rings is 1. The molecule has 0 spiro atoms. The Morgan fingerprint density at radius 1 is 0.900 bits per heavy atom. The summed E-state index contributed by atoms with van der Waals surface area (Å²) in [6.07, 6.45) is 1.17. The minimum atomic E-state index is -0.515. The molecule has 0 saturated carbocycles. The molecule has 0 aromatic heterocycles. The average molecular weight is 543 g/mol. The molecule has 0 aliphatic carbocycles. The predicted molar refractivity (Wildman–Crippen MR) is 161 cm³/mol. The van der Waals surface area contributed by atoms with Crippen molar-refractivity contribution in [2.45, 2.75) is 58.2 Å². The Bertz CT molecular complexity index is 1320. The van der Waals surface area contributed by atoms with Crippen LogP contribution >= 0.6 is 0 Å². The summed E-state index contributed by atoms with van der Waals surface area (Å²) in [5.74, 6) is 0.101. The predicted octanol–water partition coefficient (Wildman–Crippen LogP) is 5.39. The number of hydrogen-bond donors (Lipinski definition) is 1. The summed E-state index contributed by atoms with van der Waals surface area (Å²) >= 11 is 0. The summed E-state index contributed by atoms with van der Waals surface area (Å²) in [5, 5.41) is 6.45. The largest absolute Gasteiger partial charge is 0.444 e. The fourth-order valence-corrected chi connectivity index (χ4v) is 5.78. The summed E-state index contributed by atoms with van der Waals surface area (Å²) in [5.41, 5.74) is 3.04. The van der Waals surface area contributed by atoms with Crippen LogP contribution in [0.15, 0.2) is 66.7 Å². The monoisotopic (exact) mass is 542 g/mol. The SMILES string of the molecule is C[C@@H](N[C@H]1CCN(c2ccc(CC(=O)N3CCN(C(=O)OC(C)(C)C)CC3)cc2)C1)c1cccc2ccccc12. The Balaban J connectivity index is 1.10. The Morgan fingerprint density at radius 3 is 2.30 bits per heavy atom. The summed E-state index contributed by atoms with van der Waals surface area (Å²) < 4.78 is 5.46. The molecule has 3 aromatic rings. The summed E-state index contributed by atoms with van der Waals surface area (Å²) in [6, 6.07) is 24.3. The maximum Gasteiger partial charge on any atom is 0.410 e. The quantitative estimate of drug-likeness (QED) is 0.453. The highest BCUT2D eigenvalue weighted by atomic mass is 16.6. The molecule has 3 aromatic carbocycles. The van der Waals surface area contributed by atoms with Gasteiger partial charge in [-0.2, -0.15) is 0 Å². The van der Waals surface area contributed by atoms with Gasteiger partial charge in [-0.05, 0) is 68.1 Å². The van der Waals surface area contributed by atoms with Crippen molar-refractivity contribution in [3.05, 3.63) is 77.9 Å². The molecule has 1 N–H and O–H groups in total. The first-order valence-electron chi connectivity index (χ1n) is 14.5. The van der Waals surface area contributed by atoms with E-state index in [2.05, 4.69) is 83.9 Å². The first-order chi connectivity index (χ1) is 19.2. The third kappa shape index (κ3) is 6.76. The van der Waals surface area contributed by atoms with E-state index >= 15 is 0 Å². The average Bonchev–Trinajstić information content (AvgIpc) is 3.40. The third-order valence-electron chi connectivity index (χ3n) is 7.90. The lowest BCUT2D eigenvalue weighted by Crippen LogP contribution is -2.51. The highest BCUT2D eigenvalue weighted by Crippen LogP contribution is 2.27. The second-order valence-corrected chi connectivity index (χ2v) is 12.1. The fourth-order valence-electron chi connectivity index (χ4n) is 5.78. The molecular formula is C33H42N4O3. The van der Waals surface area contributed by atoms with E-state index in [1.165, 1.54) is 22.0 Å². The first-order valence-corrected chi connectivity index (χ1v) is 14.5. The topological polar surface area (TPSA) is 65.1 Å². The normalized spacial score (nSPS) is 18.7. The van der Waals surface area contributed by atoms with E-state index in [4.69, 9.17) is 4.74 Å². The smallest absolute Gasteiger partial charge is 0.410 e. The number of hydrogen-bond acceptors (Lipinski definition) is 5. The lowest BCUT2D eigenvalue weighted by atomic mass is 9.99.